The van der Waals surface area contributed by atoms with Crippen molar-refractivity contribution in [3.63, 3.8) is 0 Å². The first-order valence-electron chi connectivity index (χ1n) is 5.37. The van der Waals surface area contributed by atoms with Crippen LogP contribution in [0.3, 0.4) is 0 Å². The molecule has 3 N–H and O–H groups in total. The predicted molar refractivity (Wildman–Crippen MR) is 63.2 cm³/mol. The fourth-order valence-corrected chi connectivity index (χ4v) is 2.03. The van der Waals surface area contributed by atoms with E-state index in [2.05, 4.69) is 5.10 Å². The van der Waals surface area contributed by atoms with Crippen molar-refractivity contribution in [1.29, 1.82) is 0 Å². The van der Waals surface area contributed by atoms with E-state index in [9.17, 15) is 5.11 Å². The van der Waals surface area contributed by atoms with Gasteiger partial charge in [-0.15, -0.1) is 0 Å². The van der Waals surface area contributed by atoms with Crippen molar-refractivity contribution >= 4 is 5.82 Å². The summed E-state index contributed by atoms with van der Waals surface area (Å²) >= 11 is 0. The molecule has 2 heterocycles. The van der Waals surface area contributed by atoms with Crippen LogP contribution in [0.1, 0.15) is 11.1 Å². The largest absolute Gasteiger partial charge is 0.507 e. The summed E-state index contributed by atoms with van der Waals surface area (Å²) in [6.45, 7) is 1.15. The van der Waals surface area contributed by atoms with Crippen LogP contribution in [0.4, 0.5) is 5.82 Å². The molecule has 0 atom stereocenters. The number of ether oxygens (including phenoxy) is 1. The van der Waals surface area contributed by atoms with Crippen LogP contribution in [0.25, 0.3) is 11.3 Å². The Hall–Kier alpha value is -2.01. The smallest absolute Gasteiger partial charge is 0.125 e. The maximum absolute atomic E-state index is 9.98. The van der Waals surface area contributed by atoms with Crippen LogP contribution in [0.5, 0.6) is 5.75 Å². The minimum atomic E-state index is 0.215. The zero-order chi connectivity index (χ0) is 12.0. The van der Waals surface area contributed by atoms with Crippen molar-refractivity contribution in [2.45, 2.75) is 13.2 Å². The monoisotopic (exact) mass is 231 g/mol. The Bertz CT molecular complexity index is 570. The molecule has 1 aliphatic rings. The van der Waals surface area contributed by atoms with E-state index in [1.807, 2.05) is 6.07 Å². The van der Waals surface area contributed by atoms with Gasteiger partial charge in [-0.1, -0.05) is 0 Å². The molecule has 1 aliphatic heterocycles. The Kier molecular flexibility index (Phi) is 2.09. The molecule has 0 spiro atoms. The fourth-order valence-electron chi connectivity index (χ4n) is 2.03. The number of nitrogen functional groups attached to an aromatic ring is 1. The van der Waals surface area contributed by atoms with Crippen LogP contribution in [-0.2, 0) is 25.0 Å². The molecule has 0 fully saturated rings. The maximum Gasteiger partial charge on any atom is 0.125 e. The molecule has 1 aromatic heterocycles. The van der Waals surface area contributed by atoms with Crippen LogP contribution in [0.2, 0.25) is 0 Å². The third-order valence-corrected chi connectivity index (χ3v) is 3.03. The highest BCUT2D eigenvalue weighted by Crippen LogP contribution is 2.34. The third-order valence-electron chi connectivity index (χ3n) is 3.03. The van der Waals surface area contributed by atoms with E-state index in [1.54, 1.807) is 23.9 Å². The Labute approximate surface area is 98.4 Å². The highest BCUT2D eigenvalue weighted by atomic mass is 16.5. The van der Waals surface area contributed by atoms with Gasteiger partial charge in [0, 0.05) is 18.7 Å². The van der Waals surface area contributed by atoms with E-state index in [0.717, 1.165) is 11.1 Å². The van der Waals surface area contributed by atoms with Gasteiger partial charge in [-0.05, 0) is 23.3 Å². The Morgan fingerprint density at radius 1 is 1.29 bits per heavy atom. The first-order chi connectivity index (χ1) is 8.15. The van der Waals surface area contributed by atoms with Gasteiger partial charge >= 0.3 is 0 Å². The molecule has 5 heteroatoms. The molecule has 0 unspecified atom stereocenters. The van der Waals surface area contributed by atoms with E-state index in [0.29, 0.717) is 30.3 Å². The van der Waals surface area contributed by atoms with Gasteiger partial charge in [0.2, 0.25) is 0 Å². The number of hydrogen-bond acceptors (Lipinski definition) is 4. The molecule has 0 saturated heterocycles. The number of benzene rings is 1. The van der Waals surface area contributed by atoms with Crippen LogP contribution in [-0.4, -0.2) is 14.9 Å². The molecular formula is C12H13N3O2. The molecule has 1 aromatic carbocycles. The average Bonchev–Trinajstić information content (AvgIpc) is 2.85. The number of anilines is 1. The van der Waals surface area contributed by atoms with Crippen LogP contribution in [0, 0.1) is 0 Å². The molecule has 0 amide bonds. The number of nitrogens with two attached hydrogens (primary N) is 1. The molecule has 3 rings (SSSR count). The van der Waals surface area contributed by atoms with Gasteiger partial charge in [-0.25, -0.2) is 0 Å². The normalized spacial score (nSPS) is 13.9. The van der Waals surface area contributed by atoms with Crippen molar-refractivity contribution in [3.8, 4) is 17.0 Å². The number of aryl methyl sites for hydroxylation is 1. The quantitative estimate of drug-likeness (QED) is 0.778. The third kappa shape index (κ3) is 1.55. The summed E-state index contributed by atoms with van der Waals surface area (Å²) in [5.74, 6) is 0.781. The lowest BCUT2D eigenvalue weighted by Gasteiger charge is -2.04. The van der Waals surface area contributed by atoms with E-state index < -0.39 is 0 Å². The van der Waals surface area contributed by atoms with Crippen molar-refractivity contribution in [2.75, 3.05) is 5.73 Å². The highest BCUT2D eigenvalue weighted by molar-refractivity contribution is 5.70. The summed E-state index contributed by atoms with van der Waals surface area (Å²) in [6.07, 6.45) is 0. The SMILES string of the molecule is Cn1nc(-c2cc3c(cc2O)COC3)cc1N. The number of aromatic hydroxyl groups is 1. The zero-order valence-corrected chi connectivity index (χ0v) is 9.47. The lowest BCUT2D eigenvalue weighted by atomic mass is 10.0. The minimum Gasteiger partial charge on any atom is -0.507 e. The van der Waals surface area contributed by atoms with Gasteiger partial charge in [0.15, 0.2) is 0 Å². The summed E-state index contributed by atoms with van der Waals surface area (Å²) in [7, 11) is 1.77. The summed E-state index contributed by atoms with van der Waals surface area (Å²) in [6, 6.07) is 5.40. The summed E-state index contributed by atoms with van der Waals surface area (Å²) in [4.78, 5) is 0. The van der Waals surface area contributed by atoms with Gasteiger partial charge in [-0.3, -0.25) is 4.68 Å². The average molecular weight is 231 g/mol. The molecule has 2 aromatic rings. The number of rotatable bonds is 1. The Morgan fingerprint density at radius 2 is 2.00 bits per heavy atom. The number of phenols is 1. The van der Waals surface area contributed by atoms with Crippen LogP contribution < -0.4 is 5.73 Å². The molecule has 5 nitrogen and oxygen atoms in total. The van der Waals surface area contributed by atoms with Crippen LogP contribution in [0.15, 0.2) is 18.2 Å². The summed E-state index contributed by atoms with van der Waals surface area (Å²) < 4.78 is 6.91. The van der Waals surface area contributed by atoms with E-state index in [-0.39, 0.29) is 5.75 Å². The number of phenolic OH excluding ortho intramolecular Hbond substituents is 1. The van der Waals surface area contributed by atoms with E-state index in [4.69, 9.17) is 10.5 Å². The molecular weight excluding hydrogens is 218 g/mol. The number of nitrogens with zero attached hydrogens (tertiary/aromatic N) is 2. The lowest BCUT2D eigenvalue weighted by molar-refractivity contribution is 0.134. The first kappa shape index (κ1) is 10.2. The minimum absolute atomic E-state index is 0.215. The molecule has 17 heavy (non-hydrogen) atoms. The van der Waals surface area contributed by atoms with Gasteiger partial charge in [-0.2, -0.15) is 5.10 Å². The molecule has 0 bridgehead atoms. The second-order valence-electron chi connectivity index (χ2n) is 4.21. The predicted octanol–water partition coefficient (Wildman–Crippen LogP) is 1.41. The number of fused-ring (bicyclic) bond motifs is 1. The number of aromatic nitrogens is 2. The van der Waals surface area contributed by atoms with Gasteiger partial charge in [0.25, 0.3) is 0 Å². The molecule has 88 valence electrons. The van der Waals surface area contributed by atoms with Crippen molar-refractivity contribution < 1.29 is 9.84 Å². The standard InChI is InChI=1S/C12H13N3O2/c1-15-12(13)4-10(14-15)9-2-7-5-17-6-8(7)3-11(9)16/h2-4,16H,5-6,13H2,1H3. The van der Waals surface area contributed by atoms with Crippen molar-refractivity contribution in [3.05, 3.63) is 29.3 Å². The lowest BCUT2D eigenvalue weighted by Crippen LogP contribution is -1.96. The number of hydrogen-bond donors (Lipinski definition) is 2. The molecule has 0 saturated carbocycles. The summed E-state index contributed by atoms with van der Waals surface area (Å²) in [5.41, 5.74) is 9.25. The van der Waals surface area contributed by atoms with Crippen molar-refractivity contribution in [1.82, 2.24) is 9.78 Å². The summed E-state index contributed by atoms with van der Waals surface area (Å²) in [5, 5.41) is 14.2. The van der Waals surface area contributed by atoms with Gasteiger partial charge in [0.1, 0.15) is 11.6 Å². The highest BCUT2D eigenvalue weighted by Gasteiger charge is 2.17. The topological polar surface area (TPSA) is 73.3 Å². The Balaban J connectivity index is 2.14. The second kappa shape index (κ2) is 3.49. The van der Waals surface area contributed by atoms with E-state index in [1.165, 1.54) is 0 Å². The zero-order valence-electron chi connectivity index (χ0n) is 9.47. The van der Waals surface area contributed by atoms with Gasteiger partial charge in [0.05, 0.1) is 18.9 Å². The molecule has 0 radical (unpaired) electrons. The molecule has 0 aliphatic carbocycles. The van der Waals surface area contributed by atoms with Crippen LogP contribution >= 0.6 is 0 Å². The first-order valence-corrected chi connectivity index (χ1v) is 5.37. The second-order valence-corrected chi connectivity index (χ2v) is 4.21. The van der Waals surface area contributed by atoms with Crippen molar-refractivity contribution in [2.24, 2.45) is 7.05 Å². The van der Waals surface area contributed by atoms with E-state index >= 15 is 0 Å². The fraction of sp³-hybridized carbons (Fsp3) is 0.250. The Morgan fingerprint density at radius 3 is 2.65 bits per heavy atom. The van der Waals surface area contributed by atoms with Gasteiger partial charge < -0.3 is 15.6 Å². The maximum atomic E-state index is 9.98.